The lowest BCUT2D eigenvalue weighted by molar-refractivity contribution is -0.385. The SMILES string of the molecule is Cc1ccc(Cc2sc(NC(=O)c3cc([N+](=O)[O-])cc(S(C)(=O)=O)c3)nc2C)cc1. The Hall–Kier alpha value is -3.11. The van der Waals surface area contributed by atoms with Crippen molar-refractivity contribution in [2.45, 2.75) is 25.2 Å². The van der Waals surface area contributed by atoms with E-state index < -0.39 is 26.4 Å². The summed E-state index contributed by atoms with van der Waals surface area (Å²) in [4.78, 5) is 28.0. The summed E-state index contributed by atoms with van der Waals surface area (Å²) in [7, 11) is -3.73. The third kappa shape index (κ3) is 5.08. The summed E-state index contributed by atoms with van der Waals surface area (Å²) in [6, 6.07) is 11.2. The van der Waals surface area contributed by atoms with Crippen LogP contribution in [0.1, 0.15) is 32.1 Å². The first kappa shape index (κ1) is 21.6. The Bertz CT molecular complexity index is 1230. The summed E-state index contributed by atoms with van der Waals surface area (Å²) >= 11 is 1.31. The molecule has 2 aromatic carbocycles. The van der Waals surface area contributed by atoms with Crippen LogP contribution >= 0.6 is 11.3 Å². The highest BCUT2D eigenvalue weighted by Crippen LogP contribution is 2.27. The number of nitro groups is 1. The highest BCUT2D eigenvalue weighted by Gasteiger charge is 2.20. The van der Waals surface area contributed by atoms with E-state index in [2.05, 4.69) is 10.3 Å². The minimum Gasteiger partial charge on any atom is -0.298 e. The Labute approximate surface area is 177 Å². The second-order valence-electron chi connectivity index (χ2n) is 6.89. The zero-order valence-electron chi connectivity index (χ0n) is 16.5. The van der Waals surface area contributed by atoms with E-state index in [1.165, 1.54) is 11.3 Å². The molecule has 156 valence electrons. The van der Waals surface area contributed by atoms with Crippen LogP contribution in [0.25, 0.3) is 0 Å². The number of benzene rings is 2. The number of nitro benzene ring substituents is 1. The van der Waals surface area contributed by atoms with E-state index in [0.717, 1.165) is 46.2 Å². The van der Waals surface area contributed by atoms with Gasteiger partial charge in [-0.15, -0.1) is 11.3 Å². The number of carbonyl (C=O) groups is 1. The molecule has 3 aromatic rings. The molecular formula is C20H19N3O5S2. The number of rotatable bonds is 6. The maximum atomic E-state index is 12.6. The van der Waals surface area contributed by atoms with Gasteiger partial charge in [-0.3, -0.25) is 20.2 Å². The third-order valence-electron chi connectivity index (χ3n) is 4.39. The van der Waals surface area contributed by atoms with Crippen LogP contribution < -0.4 is 5.32 Å². The van der Waals surface area contributed by atoms with Gasteiger partial charge in [-0.1, -0.05) is 29.8 Å². The highest BCUT2D eigenvalue weighted by molar-refractivity contribution is 7.90. The number of hydrogen-bond donors (Lipinski definition) is 1. The molecule has 0 aliphatic rings. The van der Waals surface area contributed by atoms with Crippen molar-refractivity contribution < 1.29 is 18.1 Å². The van der Waals surface area contributed by atoms with Gasteiger partial charge in [0.1, 0.15) is 0 Å². The molecule has 0 atom stereocenters. The van der Waals surface area contributed by atoms with Crippen LogP contribution in [0.15, 0.2) is 47.4 Å². The van der Waals surface area contributed by atoms with E-state index in [1.807, 2.05) is 38.1 Å². The fourth-order valence-corrected chi connectivity index (χ4v) is 4.41. The maximum absolute atomic E-state index is 12.6. The average molecular weight is 446 g/mol. The monoisotopic (exact) mass is 445 g/mol. The van der Waals surface area contributed by atoms with Crippen molar-refractivity contribution >= 4 is 37.9 Å². The first-order valence-electron chi connectivity index (χ1n) is 8.85. The van der Waals surface area contributed by atoms with Crippen LogP contribution in [0.3, 0.4) is 0 Å². The molecule has 1 N–H and O–H groups in total. The quantitative estimate of drug-likeness (QED) is 0.454. The van der Waals surface area contributed by atoms with Crippen LogP contribution in [0.5, 0.6) is 0 Å². The number of nitrogens with one attached hydrogen (secondary N) is 1. The Balaban J connectivity index is 1.85. The predicted octanol–water partition coefficient (Wildman–Crippen LogP) is 3.91. The maximum Gasteiger partial charge on any atom is 0.271 e. The number of sulfone groups is 1. The van der Waals surface area contributed by atoms with Gasteiger partial charge in [0.05, 0.1) is 15.5 Å². The summed E-state index contributed by atoms with van der Waals surface area (Å²) in [5, 5.41) is 14.1. The lowest BCUT2D eigenvalue weighted by Gasteiger charge is -2.05. The van der Waals surface area contributed by atoms with Gasteiger partial charge >= 0.3 is 0 Å². The van der Waals surface area contributed by atoms with E-state index in [4.69, 9.17) is 0 Å². The van der Waals surface area contributed by atoms with Crippen molar-refractivity contribution in [3.05, 3.63) is 79.8 Å². The van der Waals surface area contributed by atoms with Crippen LogP contribution in [0.4, 0.5) is 10.8 Å². The van der Waals surface area contributed by atoms with Gasteiger partial charge in [-0.2, -0.15) is 0 Å². The van der Waals surface area contributed by atoms with E-state index >= 15 is 0 Å². The minimum absolute atomic E-state index is 0.127. The largest absolute Gasteiger partial charge is 0.298 e. The second kappa shape index (κ2) is 8.33. The number of aryl methyl sites for hydroxylation is 2. The van der Waals surface area contributed by atoms with Gasteiger partial charge in [-0.25, -0.2) is 13.4 Å². The number of anilines is 1. The molecular weight excluding hydrogens is 426 g/mol. The molecule has 0 aliphatic heterocycles. The van der Waals surface area contributed by atoms with E-state index in [9.17, 15) is 23.3 Å². The molecule has 3 rings (SSSR count). The Morgan fingerprint density at radius 1 is 1.17 bits per heavy atom. The van der Waals surface area contributed by atoms with E-state index in [0.29, 0.717) is 11.6 Å². The molecule has 0 radical (unpaired) electrons. The van der Waals surface area contributed by atoms with Crippen LogP contribution in [-0.4, -0.2) is 30.5 Å². The number of amides is 1. The predicted molar refractivity (Wildman–Crippen MR) is 115 cm³/mol. The standard InChI is InChI=1S/C20H19N3O5S2/c1-12-4-6-14(7-5-12)8-18-13(2)21-20(29-18)22-19(24)15-9-16(23(25)26)11-17(10-15)30(3,27)28/h4-7,9-11H,8H2,1-3H3,(H,21,22,24). The van der Waals surface area contributed by atoms with Crippen molar-refractivity contribution in [2.24, 2.45) is 0 Å². The molecule has 0 fully saturated rings. The van der Waals surface area contributed by atoms with Gasteiger partial charge in [0.25, 0.3) is 11.6 Å². The van der Waals surface area contributed by atoms with Gasteiger partial charge in [-0.05, 0) is 25.5 Å². The molecule has 0 spiro atoms. The first-order valence-corrected chi connectivity index (χ1v) is 11.6. The van der Waals surface area contributed by atoms with Crippen LogP contribution in [-0.2, 0) is 16.3 Å². The molecule has 0 aliphatic carbocycles. The van der Waals surface area contributed by atoms with Crippen molar-refractivity contribution in [1.29, 1.82) is 0 Å². The van der Waals surface area contributed by atoms with Gasteiger partial charge in [0, 0.05) is 35.2 Å². The van der Waals surface area contributed by atoms with Crippen molar-refractivity contribution in [2.75, 3.05) is 11.6 Å². The van der Waals surface area contributed by atoms with Crippen molar-refractivity contribution in [3.8, 4) is 0 Å². The van der Waals surface area contributed by atoms with E-state index in [1.54, 1.807) is 0 Å². The summed E-state index contributed by atoms with van der Waals surface area (Å²) in [5.41, 5.74) is 2.45. The van der Waals surface area contributed by atoms with Crippen molar-refractivity contribution in [1.82, 2.24) is 4.98 Å². The number of hydrogen-bond acceptors (Lipinski definition) is 7. The Morgan fingerprint density at radius 3 is 2.43 bits per heavy atom. The summed E-state index contributed by atoms with van der Waals surface area (Å²) in [5.74, 6) is -0.667. The number of carbonyl (C=O) groups excluding carboxylic acids is 1. The molecule has 1 amide bonds. The lowest BCUT2D eigenvalue weighted by Crippen LogP contribution is -2.13. The molecule has 1 aromatic heterocycles. The molecule has 0 saturated heterocycles. The zero-order valence-corrected chi connectivity index (χ0v) is 18.1. The smallest absolute Gasteiger partial charge is 0.271 e. The van der Waals surface area contributed by atoms with E-state index in [-0.39, 0.29) is 10.5 Å². The van der Waals surface area contributed by atoms with Crippen molar-refractivity contribution in [3.63, 3.8) is 0 Å². The Morgan fingerprint density at radius 2 is 1.83 bits per heavy atom. The number of aromatic nitrogens is 1. The fourth-order valence-electron chi connectivity index (χ4n) is 2.74. The normalized spacial score (nSPS) is 11.3. The highest BCUT2D eigenvalue weighted by atomic mass is 32.2. The molecule has 10 heteroatoms. The average Bonchev–Trinajstić information content (AvgIpc) is 3.01. The van der Waals surface area contributed by atoms with Crippen LogP contribution in [0.2, 0.25) is 0 Å². The molecule has 0 bridgehead atoms. The Kier molecular flexibility index (Phi) is 5.99. The topological polar surface area (TPSA) is 119 Å². The minimum atomic E-state index is -3.73. The number of nitrogens with zero attached hydrogens (tertiary/aromatic N) is 2. The lowest BCUT2D eigenvalue weighted by atomic mass is 10.1. The summed E-state index contributed by atoms with van der Waals surface area (Å²) < 4.78 is 23.6. The van der Waals surface area contributed by atoms with Gasteiger partial charge in [0.2, 0.25) is 0 Å². The molecule has 0 unspecified atom stereocenters. The fraction of sp³-hybridized carbons (Fsp3) is 0.200. The number of thiazole rings is 1. The third-order valence-corrected chi connectivity index (χ3v) is 6.56. The van der Waals surface area contributed by atoms with Crippen LogP contribution in [0, 0.1) is 24.0 Å². The summed E-state index contributed by atoms with van der Waals surface area (Å²) in [6.45, 7) is 3.85. The second-order valence-corrected chi connectivity index (χ2v) is 9.99. The zero-order chi connectivity index (χ0) is 22.1. The molecule has 0 saturated carbocycles. The molecule has 30 heavy (non-hydrogen) atoms. The molecule has 1 heterocycles. The molecule has 8 nitrogen and oxygen atoms in total. The van der Waals surface area contributed by atoms with Gasteiger partial charge in [0.15, 0.2) is 15.0 Å². The first-order chi connectivity index (χ1) is 14.0. The summed E-state index contributed by atoms with van der Waals surface area (Å²) in [6.07, 6.45) is 1.59. The van der Waals surface area contributed by atoms with Gasteiger partial charge < -0.3 is 0 Å². The number of non-ortho nitro benzene ring substituents is 1.